The van der Waals surface area contributed by atoms with Crippen molar-refractivity contribution in [3.63, 3.8) is 0 Å². The Morgan fingerprint density at radius 2 is 0.606 bits per heavy atom. The molecule has 0 bridgehead atoms. The van der Waals surface area contributed by atoms with Gasteiger partial charge in [-0.2, -0.15) is 0 Å². The summed E-state index contributed by atoms with van der Waals surface area (Å²) in [4.78, 5) is 38.2. The normalized spacial score (nSPS) is 13.6. The summed E-state index contributed by atoms with van der Waals surface area (Å²) in [6.07, 6.45) is 104. The number of ether oxygens (including phenoxy) is 2. The number of esters is 2. The Labute approximate surface area is 583 Å². The lowest BCUT2D eigenvalue weighted by Gasteiger charge is -2.28. The van der Waals surface area contributed by atoms with Crippen molar-refractivity contribution in [1.82, 2.24) is 0 Å². The topological polar surface area (TPSA) is 111 Å². The molecular formula is C84H152NO8P. The van der Waals surface area contributed by atoms with E-state index in [9.17, 15) is 19.0 Å². The number of hydrogen-bond donors (Lipinski definition) is 0. The van der Waals surface area contributed by atoms with Crippen LogP contribution in [0.1, 0.15) is 373 Å². The van der Waals surface area contributed by atoms with Gasteiger partial charge in [-0.1, -0.05) is 381 Å². The number of nitrogens with zero attached hydrogens (tertiary/aromatic N) is 1. The zero-order valence-corrected chi connectivity index (χ0v) is 63.3. The summed E-state index contributed by atoms with van der Waals surface area (Å²) in [5.41, 5.74) is 0. The molecule has 546 valence electrons. The molecule has 0 saturated carbocycles. The fourth-order valence-corrected chi connectivity index (χ4v) is 12.3. The van der Waals surface area contributed by atoms with Crippen LogP contribution in [-0.4, -0.2) is 70.0 Å². The number of likely N-dealkylation sites (N-methyl/N-ethyl adjacent to an activating group) is 1. The van der Waals surface area contributed by atoms with Crippen molar-refractivity contribution in [2.75, 3.05) is 47.5 Å². The van der Waals surface area contributed by atoms with E-state index in [1.54, 1.807) is 0 Å². The molecule has 0 saturated heterocycles. The molecular weight excluding hydrogens is 1180 g/mol. The van der Waals surface area contributed by atoms with E-state index in [0.717, 1.165) is 89.9 Å². The summed E-state index contributed by atoms with van der Waals surface area (Å²) in [7, 11) is 1.17. The molecule has 0 N–H and O–H groups in total. The average Bonchev–Trinajstić information content (AvgIpc) is 1.56. The summed E-state index contributed by atoms with van der Waals surface area (Å²) in [6, 6.07) is 0. The monoisotopic (exact) mass is 1330 g/mol. The summed E-state index contributed by atoms with van der Waals surface area (Å²) in [6.45, 7) is 4.18. The van der Waals surface area contributed by atoms with Crippen molar-refractivity contribution < 1.29 is 42.1 Å². The van der Waals surface area contributed by atoms with Gasteiger partial charge >= 0.3 is 11.9 Å². The van der Waals surface area contributed by atoms with Gasteiger partial charge in [-0.3, -0.25) is 14.2 Å². The van der Waals surface area contributed by atoms with Crippen LogP contribution in [0.15, 0.2) is 97.2 Å². The predicted molar refractivity (Wildman–Crippen MR) is 406 cm³/mol. The standard InChI is InChI=1S/C84H152NO8P/c1-6-8-10-12-14-16-18-20-22-24-26-28-30-32-34-36-38-40-41-42-43-45-47-49-51-53-55-57-59-61-63-65-67-69-71-73-75-77-84(87)93-82(81-92-94(88,89)91-79-78-85(3,4)5)80-90-83(86)76-74-72-70-68-66-64-62-60-58-56-54-52-50-48-46-44-39-37-35-33-31-29-27-25-23-21-19-17-15-13-11-9-7-2/h8,10,14,16,20,22,26,28,32,34,38,40,42-43,47,49,82H,6-7,9,11-13,15,17-19,21,23-25,27,29-31,33,35-37,39,41,44-46,48,50-81H2,1-5H3/b10-8-,16-14-,22-20-,28-26-,34-32-,40-38-,43-42-,49-47-. The molecule has 0 aromatic carbocycles. The van der Waals surface area contributed by atoms with E-state index in [2.05, 4.69) is 111 Å². The van der Waals surface area contributed by atoms with E-state index in [1.165, 1.54) is 250 Å². The van der Waals surface area contributed by atoms with Crippen molar-refractivity contribution in [2.24, 2.45) is 0 Å². The highest BCUT2D eigenvalue weighted by molar-refractivity contribution is 7.45. The molecule has 0 heterocycles. The molecule has 0 fully saturated rings. The molecule has 9 nitrogen and oxygen atoms in total. The van der Waals surface area contributed by atoms with Gasteiger partial charge in [0.25, 0.3) is 7.82 Å². The van der Waals surface area contributed by atoms with Crippen LogP contribution in [-0.2, 0) is 32.7 Å². The summed E-state index contributed by atoms with van der Waals surface area (Å²) >= 11 is 0. The number of hydrogen-bond acceptors (Lipinski definition) is 8. The first-order valence-corrected chi connectivity index (χ1v) is 41.4. The highest BCUT2D eigenvalue weighted by Crippen LogP contribution is 2.38. The third kappa shape index (κ3) is 77.9. The smallest absolute Gasteiger partial charge is 0.306 e. The zero-order valence-electron chi connectivity index (χ0n) is 62.4. The lowest BCUT2D eigenvalue weighted by atomic mass is 10.0. The van der Waals surface area contributed by atoms with Gasteiger partial charge in [-0.05, 0) is 77.0 Å². The maximum absolute atomic E-state index is 12.9. The summed E-state index contributed by atoms with van der Waals surface area (Å²) in [5.74, 6) is -0.822. The molecule has 94 heavy (non-hydrogen) atoms. The maximum Gasteiger partial charge on any atom is 0.306 e. The molecule has 0 aliphatic heterocycles. The Balaban J connectivity index is 3.98. The van der Waals surface area contributed by atoms with E-state index >= 15 is 0 Å². The third-order valence-corrected chi connectivity index (χ3v) is 18.6. The van der Waals surface area contributed by atoms with Crippen LogP contribution in [0.25, 0.3) is 0 Å². The average molecular weight is 1340 g/mol. The van der Waals surface area contributed by atoms with Gasteiger partial charge in [-0.25, -0.2) is 0 Å². The molecule has 0 spiro atoms. The molecule has 10 heteroatoms. The third-order valence-electron chi connectivity index (χ3n) is 17.6. The first-order valence-electron chi connectivity index (χ1n) is 39.9. The van der Waals surface area contributed by atoms with E-state index in [1.807, 2.05) is 21.1 Å². The van der Waals surface area contributed by atoms with Gasteiger partial charge in [0.15, 0.2) is 6.10 Å². The second kappa shape index (κ2) is 74.2. The van der Waals surface area contributed by atoms with Crippen LogP contribution >= 0.6 is 7.82 Å². The van der Waals surface area contributed by atoms with Gasteiger partial charge in [-0.15, -0.1) is 0 Å². The van der Waals surface area contributed by atoms with Crippen molar-refractivity contribution >= 4 is 19.8 Å². The highest BCUT2D eigenvalue weighted by Gasteiger charge is 2.22. The number of rotatable bonds is 74. The minimum absolute atomic E-state index is 0.0325. The van der Waals surface area contributed by atoms with Crippen molar-refractivity contribution in [3.05, 3.63) is 97.2 Å². The Morgan fingerprint density at radius 3 is 0.904 bits per heavy atom. The Morgan fingerprint density at radius 1 is 0.340 bits per heavy atom. The van der Waals surface area contributed by atoms with Gasteiger partial charge in [0.2, 0.25) is 0 Å². The zero-order chi connectivity index (χ0) is 68.3. The summed E-state index contributed by atoms with van der Waals surface area (Å²) in [5, 5.41) is 0. The molecule has 0 aromatic rings. The molecule has 2 unspecified atom stereocenters. The molecule has 0 radical (unpaired) electrons. The largest absolute Gasteiger partial charge is 0.756 e. The highest BCUT2D eigenvalue weighted by atomic mass is 31.2. The predicted octanol–water partition coefficient (Wildman–Crippen LogP) is 26.0. The van der Waals surface area contributed by atoms with E-state index < -0.39 is 26.5 Å². The second-order valence-electron chi connectivity index (χ2n) is 28.1. The molecule has 0 aliphatic carbocycles. The van der Waals surface area contributed by atoms with Crippen molar-refractivity contribution in [2.45, 2.75) is 380 Å². The van der Waals surface area contributed by atoms with E-state index in [0.29, 0.717) is 17.4 Å². The van der Waals surface area contributed by atoms with Crippen LogP contribution in [0, 0.1) is 0 Å². The Bertz CT molecular complexity index is 1910. The van der Waals surface area contributed by atoms with Gasteiger partial charge < -0.3 is 27.9 Å². The molecule has 2 atom stereocenters. The minimum atomic E-state index is -4.65. The summed E-state index contributed by atoms with van der Waals surface area (Å²) < 4.78 is 34.4. The van der Waals surface area contributed by atoms with Crippen LogP contribution in [0.4, 0.5) is 0 Å². The maximum atomic E-state index is 12.9. The second-order valence-corrected chi connectivity index (χ2v) is 29.5. The number of phosphoric ester groups is 1. The quantitative estimate of drug-likeness (QED) is 0.0195. The number of carbonyl (C=O) groups is 2. The van der Waals surface area contributed by atoms with E-state index in [4.69, 9.17) is 18.5 Å². The van der Waals surface area contributed by atoms with Crippen LogP contribution in [0.5, 0.6) is 0 Å². The SMILES string of the molecule is CC/C=C\C/C=C\C/C=C\C/C=C\C/C=C\C/C=C\C/C=C\C/C=C\CCCCCCCCCCCCCCC(=O)OC(COC(=O)CCCCCCCCCCCCCCCCCCCCCCCCCCCCCCCCCCC)COP(=O)([O-])OCC[N+](C)(C)C. The fraction of sp³-hybridized carbons (Fsp3) is 0.786. The number of phosphoric acid groups is 1. The number of unbranched alkanes of at least 4 members (excludes halogenated alkanes) is 44. The van der Waals surface area contributed by atoms with Gasteiger partial charge in [0, 0.05) is 12.8 Å². The lowest BCUT2D eigenvalue weighted by molar-refractivity contribution is -0.870. The van der Waals surface area contributed by atoms with Crippen molar-refractivity contribution in [3.8, 4) is 0 Å². The number of carbonyl (C=O) groups excluding carboxylic acids is 2. The number of allylic oxidation sites excluding steroid dienone is 16. The first kappa shape index (κ1) is 90.9. The lowest BCUT2D eigenvalue weighted by Crippen LogP contribution is -2.37. The van der Waals surface area contributed by atoms with Crippen LogP contribution < -0.4 is 4.89 Å². The molecule has 0 aliphatic rings. The number of quaternary nitrogens is 1. The van der Waals surface area contributed by atoms with Gasteiger partial charge in [0.1, 0.15) is 19.8 Å². The Kier molecular flexibility index (Phi) is 71.7. The minimum Gasteiger partial charge on any atom is -0.756 e. The molecule has 0 amide bonds. The Hall–Kier alpha value is -3.07. The molecule has 0 rings (SSSR count). The molecule has 0 aromatic heterocycles. The van der Waals surface area contributed by atoms with Crippen LogP contribution in [0.2, 0.25) is 0 Å². The van der Waals surface area contributed by atoms with Gasteiger partial charge in [0.05, 0.1) is 27.7 Å². The first-order chi connectivity index (χ1) is 46.0. The van der Waals surface area contributed by atoms with Crippen LogP contribution in [0.3, 0.4) is 0 Å². The van der Waals surface area contributed by atoms with Crippen molar-refractivity contribution in [1.29, 1.82) is 0 Å². The van der Waals surface area contributed by atoms with E-state index in [-0.39, 0.29) is 32.0 Å². The fourth-order valence-electron chi connectivity index (χ4n) is 11.6.